The molecule has 1 aliphatic carbocycles. The summed E-state index contributed by atoms with van der Waals surface area (Å²) in [5.41, 5.74) is 5.55. The van der Waals surface area contributed by atoms with Crippen molar-refractivity contribution in [2.24, 2.45) is 16.8 Å². The summed E-state index contributed by atoms with van der Waals surface area (Å²) in [5.74, 6) is 1.03. The first-order chi connectivity index (χ1) is 18.6. The molecule has 0 spiro atoms. The summed E-state index contributed by atoms with van der Waals surface area (Å²) in [6, 6.07) is 13.1. The third-order valence-corrected chi connectivity index (χ3v) is 8.87. The molecule has 200 valence electrons. The van der Waals surface area contributed by atoms with Gasteiger partial charge in [0.1, 0.15) is 5.60 Å². The van der Waals surface area contributed by atoms with E-state index in [1.807, 2.05) is 17.8 Å². The number of piperidine rings is 1. The average Bonchev–Trinajstić information content (AvgIpc) is 3.40. The van der Waals surface area contributed by atoms with Crippen LogP contribution in [0.25, 0.3) is 16.6 Å². The molecule has 3 aromatic rings. The molecule has 4 heterocycles. The van der Waals surface area contributed by atoms with Crippen LogP contribution < -0.4 is 10.2 Å². The number of carbonyl (C=O) groups excluding carboxylic acids is 1. The SMILES string of the molecule is C=NCC1CC(C(=O)N2CCN(c3ccnn4cc(-c5ccc([C@]6(OC)CCCNC6)cc5)cc34)CC2)C1. The van der Waals surface area contributed by atoms with Crippen molar-refractivity contribution in [1.29, 1.82) is 0 Å². The number of ether oxygens (including phenoxy) is 1. The van der Waals surface area contributed by atoms with Crippen LogP contribution in [0.15, 0.2) is 53.8 Å². The monoisotopic (exact) mass is 514 g/mol. The van der Waals surface area contributed by atoms with Crippen LogP contribution in [0.1, 0.15) is 31.2 Å². The number of fused-ring (bicyclic) bond motifs is 1. The van der Waals surface area contributed by atoms with E-state index in [9.17, 15) is 4.79 Å². The summed E-state index contributed by atoms with van der Waals surface area (Å²) < 4.78 is 7.96. The first kappa shape index (κ1) is 25.1. The minimum atomic E-state index is -0.246. The number of carbonyl (C=O) groups is 1. The van der Waals surface area contributed by atoms with Gasteiger partial charge in [-0.25, -0.2) is 4.52 Å². The van der Waals surface area contributed by atoms with Gasteiger partial charge in [-0.2, -0.15) is 5.10 Å². The largest absolute Gasteiger partial charge is 0.372 e. The van der Waals surface area contributed by atoms with Gasteiger partial charge < -0.3 is 24.8 Å². The van der Waals surface area contributed by atoms with E-state index in [4.69, 9.17) is 4.74 Å². The number of rotatable bonds is 7. The standard InChI is InChI=1S/C30H38N6O2/c1-31-19-22-16-24(17-22)29(37)35-14-12-34(13-15-35)27-8-11-33-36-20-25(18-28(27)36)23-4-6-26(7-5-23)30(38-2)9-3-10-32-21-30/h4-8,11,18,20,22,24,32H,1,3,9-10,12-17,19,21H2,2H3/t22?,24?,30-/m0/s1. The first-order valence-corrected chi connectivity index (χ1v) is 13.9. The molecule has 1 amide bonds. The zero-order valence-corrected chi connectivity index (χ0v) is 22.3. The Balaban J connectivity index is 1.15. The molecule has 2 saturated heterocycles. The Morgan fingerprint density at radius 3 is 2.63 bits per heavy atom. The summed E-state index contributed by atoms with van der Waals surface area (Å²) >= 11 is 0. The highest BCUT2D eigenvalue weighted by Gasteiger charge is 2.37. The van der Waals surface area contributed by atoms with Gasteiger partial charge in [0, 0.05) is 70.3 Å². The highest BCUT2D eigenvalue weighted by atomic mass is 16.5. The highest BCUT2D eigenvalue weighted by Crippen LogP contribution is 2.36. The molecule has 1 aromatic carbocycles. The number of hydrogen-bond donors (Lipinski definition) is 1. The second-order valence-corrected chi connectivity index (χ2v) is 11.1. The van der Waals surface area contributed by atoms with Crippen LogP contribution >= 0.6 is 0 Å². The molecule has 3 fully saturated rings. The summed E-state index contributed by atoms with van der Waals surface area (Å²) in [6.45, 7) is 9.45. The molecule has 38 heavy (non-hydrogen) atoms. The van der Waals surface area contributed by atoms with Crippen LogP contribution in [0.2, 0.25) is 0 Å². The maximum Gasteiger partial charge on any atom is 0.225 e. The Labute approximate surface area is 224 Å². The van der Waals surface area contributed by atoms with Gasteiger partial charge in [0.2, 0.25) is 5.91 Å². The third kappa shape index (κ3) is 4.60. The number of aromatic nitrogens is 2. The number of nitrogens with one attached hydrogen (secondary N) is 1. The quantitative estimate of drug-likeness (QED) is 0.488. The molecular formula is C30H38N6O2. The predicted molar refractivity (Wildman–Crippen MR) is 151 cm³/mol. The zero-order valence-electron chi connectivity index (χ0n) is 22.3. The molecule has 2 aromatic heterocycles. The van der Waals surface area contributed by atoms with Crippen molar-refractivity contribution in [3.05, 3.63) is 54.4 Å². The van der Waals surface area contributed by atoms with E-state index in [-0.39, 0.29) is 11.5 Å². The van der Waals surface area contributed by atoms with E-state index in [2.05, 4.69) is 74.5 Å². The van der Waals surface area contributed by atoms with E-state index < -0.39 is 0 Å². The third-order valence-electron chi connectivity index (χ3n) is 8.87. The fourth-order valence-corrected chi connectivity index (χ4v) is 6.50. The Morgan fingerprint density at radius 1 is 1.16 bits per heavy atom. The smallest absolute Gasteiger partial charge is 0.225 e. The number of nitrogens with zero attached hydrogens (tertiary/aromatic N) is 5. The molecule has 0 unspecified atom stereocenters. The molecule has 1 N–H and O–H groups in total. The van der Waals surface area contributed by atoms with Gasteiger partial charge >= 0.3 is 0 Å². The molecule has 2 aliphatic heterocycles. The minimum Gasteiger partial charge on any atom is -0.372 e. The van der Waals surface area contributed by atoms with Gasteiger partial charge in [-0.1, -0.05) is 24.3 Å². The Hall–Kier alpha value is -3.23. The number of methoxy groups -OCH3 is 1. The lowest BCUT2D eigenvalue weighted by molar-refractivity contribution is -0.140. The van der Waals surface area contributed by atoms with Gasteiger partial charge in [-0.05, 0) is 68.1 Å². The predicted octanol–water partition coefficient (Wildman–Crippen LogP) is 3.60. The second kappa shape index (κ2) is 10.5. The highest BCUT2D eigenvalue weighted by molar-refractivity contribution is 5.82. The van der Waals surface area contributed by atoms with Crippen LogP contribution in [-0.2, 0) is 15.1 Å². The molecule has 3 aliphatic rings. The topological polar surface area (TPSA) is 74.5 Å². The number of benzene rings is 1. The van der Waals surface area contributed by atoms with Gasteiger partial charge in [-0.15, -0.1) is 0 Å². The van der Waals surface area contributed by atoms with Gasteiger partial charge in [0.05, 0.1) is 11.2 Å². The molecule has 1 atom stereocenters. The van der Waals surface area contributed by atoms with Crippen LogP contribution in [0, 0.1) is 11.8 Å². The summed E-state index contributed by atoms with van der Waals surface area (Å²) in [7, 11) is 1.81. The molecule has 1 saturated carbocycles. The number of amides is 1. The number of piperazine rings is 1. The summed E-state index contributed by atoms with van der Waals surface area (Å²) in [5, 5.41) is 8.07. The first-order valence-electron chi connectivity index (χ1n) is 13.9. The summed E-state index contributed by atoms with van der Waals surface area (Å²) in [6.07, 6.45) is 8.04. The van der Waals surface area contributed by atoms with E-state index in [0.29, 0.717) is 11.8 Å². The minimum absolute atomic E-state index is 0.175. The fourth-order valence-electron chi connectivity index (χ4n) is 6.50. The number of anilines is 1. The molecular weight excluding hydrogens is 476 g/mol. The Morgan fingerprint density at radius 2 is 1.95 bits per heavy atom. The van der Waals surface area contributed by atoms with Gasteiger partial charge in [0.15, 0.2) is 0 Å². The van der Waals surface area contributed by atoms with Crippen LogP contribution in [0.4, 0.5) is 5.69 Å². The van der Waals surface area contributed by atoms with Crippen molar-refractivity contribution < 1.29 is 9.53 Å². The number of hydrogen-bond acceptors (Lipinski definition) is 6. The normalized spacial score (nSPS) is 25.8. The van der Waals surface area contributed by atoms with Crippen molar-refractivity contribution >= 4 is 23.8 Å². The van der Waals surface area contributed by atoms with Crippen molar-refractivity contribution in [2.45, 2.75) is 31.3 Å². The van der Waals surface area contributed by atoms with E-state index in [1.54, 1.807) is 0 Å². The average molecular weight is 515 g/mol. The fraction of sp³-hybridized carbons (Fsp3) is 0.500. The van der Waals surface area contributed by atoms with Gasteiger partial charge in [0.25, 0.3) is 0 Å². The lowest BCUT2D eigenvalue weighted by Gasteiger charge is -2.41. The molecule has 0 radical (unpaired) electrons. The molecule has 8 heteroatoms. The lowest BCUT2D eigenvalue weighted by Crippen LogP contribution is -2.52. The van der Waals surface area contributed by atoms with Crippen molar-refractivity contribution in [3.8, 4) is 11.1 Å². The van der Waals surface area contributed by atoms with Crippen molar-refractivity contribution in [2.75, 3.05) is 57.8 Å². The summed E-state index contributed by atoms with van der Waals surface area (Å²) in [4.78, 5) is 21.4. The van der Waals surface area contributed by atoms with Crippen molar-refractivity contribution in [1.82, 2.24) is 19.8 Å². The van der Waals surface area contributed by atoms with Gasteiger partial charge in [-0.3, -0.25) is 4.79 Å². The van der Waals surface area contributed by atoms with Crippen LogP contribution in [0.5, 0.6) is 0 Å². The molecule has 0 bridgehead atoms. The Bertz CT molecular complexity index is 1280. The maximum atomic E-state index is 12.9. The molecule has 6 rings (SSSR count). The lowest BCUT2D eigenvalue weighted by atomic mass is 9.74. The second-order valence-electron chi connectivity index (χ2n) is 11.1. The Kier molecular flexibility index (Phi) is 6.93. The van der Waals surface area contributed by atoms with E-state index in [0.717, 1.165) is 82.6 Å². The van der Waals surface area contributed by atoms with E-state index >= 15 is 0 Å². The zero-order chi connectivity index (χ0) is 26.1. The van der Waals surface area contributed by atoms with Crippen molar-refractivity contribution in [3.63, 3.8) is 0 Å². The number of aliphatic imine (C=N–C) groups is 1. The van der Waals surface area contributed by atoms with Crippen LogP contribution in [0.3, 0.4) is 0 Å². The maximum absolute atomic E-state index is 12.9. The van der Waals surface area contributed by atoms with Crippen LogP contribution in [-0.4, -0.2) is 80.1 Å². The van der Waals surface area contributed by atoms with E-state index in [1.165, 1.54) is 16.8 Å². The molecule has 8 nitrogen and oxygen atoms in total.